The number of benzene rings is 1. The van der Waals surface area contributed by atoms with Crippen molar-refractivity contribution in [1.82, 2.24) is 20.5 Å². The monoisotopic (exact) mass is 590 g/mol. The number of esters is 2. The summed E-state index contributed by atoms with van der Waals surface area (Å²) in [5, 5.41) is 5.81. The van der Waals surface area contributed by atoms with Gasteiger partial charge in [-0.2, -0.15) is 0 Å². The molecule has 1 heterocycles. The second-order valence-corrected chi connectivity index (χ2v) is 17.5. The number of hydrogen-bond acceptors (Lipinski definition) is 8. The number of nitrogens with one attached hydrogen (secondary N) is 3. The van der Waals surface area contributed by atoms with Crippen molar-refractivity contribution in [2.45, 2.75) is 64.5 Å². The second-order valence-electron chi connectivity index (χ2n) is 11.9. The van der Waals surface area contributed by atoms with Crippen LogP contribution in [0.15, 0.2) is 24.3 Å². The fourth-order valence-corrected chi connectivity index (χ4v) is 4.48. The van der Waals surface area contributed by atoms with E-state index in [0.29, 0.717) is 16.5 Å². The number of para-hydroxylation sites is 1. The van der Waals surface area contributed by atoms with E-state index in [1.54, 1.807) is 45.0 Å². The Morgan fingerprint density at radius 3 is 2.34 bits per heavy atom. The van der Waals surface area contributed by atoms with Crippen molar-refractivity contribution in [2.75, 3.05) is 33.9 Å². The minimum Gasteiger partial charge on any atom is -0.465 e. The zero-order valence-electron chi connectivity index (χ0n) is 25.1. The van der Waals surface area contributed by atoms with Gasteiger partial charge in [0.2, 0.25) is 11.8 Å². The molecule has 41 heavy (non-hydrogen) atoms. The molecule has 2 aromatic rings. The van der Waals surface area contributed by atoms with Crippen molar-refractivity contribution in [3.8, 4) is 0 Å². The van der Waals surface area contributed by atoms with Crippen LogP contribution >= 0.6 is 0 Å². The average molecular weight is 591 g/mol. The van der Waals surface area contributed by atoms with E-state index in [1.807, 2.05) is 0 Å². The molecule has 0 spiro atoms. The molecule has 0 unspecified atom stereocenters. The molecular weight excluding hydrogens is 548 g/mol. The number of likely N-dealkylation sites (N-methyl/N-ethyl adjacent to an activating group) is 1. The third-order valence-electron chi connectivity index (χ3n) is 5.87. The van der Waals surface area contributed by atoms with Crippen molar-refractivity contribution in [3.05, 3.63) is 35.5 Å². The van der Waals surface area contributed by atoms with Crippen molar-refractivity contribution in [2.24, 2.45) is 0 Å². The number of rotatable bonds is 12. The van der Waals surface area contributed by atoms with Crippen LogP contribution in [0, 0.1) is 0 Å². The molecule has 0 radical (unpaired) electrons. The Kier molecular flexibility index (Phi) is 11.5. The highest BCUT2D eigenvalue weighted by atomic mass is 28.3. The summed E-state index contributed by atoms with van der Waals surface area (Å²) in [6.07, 6.45) is -0.813. The van der Waals surface area contributed by atoms with E-state index < -0.39 is 62.7 Å². The predicted molar refractivity (Wildman–Crippen MR) is 156 cm³/mol. The van der Waals surface area contributed by atoms with E-state index in [4.69, 9.17) is 14.2 Å². The number of H-pyrrole nitrogens is 1. The van der Waals surface area contributed by atoms with E-state index in [1.165, 1.54) is 14.2 Å². The van der Waals surface area contributed by atoms with Gasteiger partial charge in [-0.1, -0.05) is 37.8 Å². The summed E-state index contributed by atoms with van der Waals surface area (Å²) < 4.78 is 15.4. The first-order chi connectivity index (χ1) is 19.0. The summed E-state index contributed by atoms with van der Waals surface area (Å²) >= 11 is 0. The Balaban J connectivity index is 2.24. The van der Waals surface area contributed by atoms with Crippen LogP contribution in [-0.4, -0.2) is 93.3 Å². The number of hydrogen-bond donors (Lipinski definition) is 3. The molecule has 0 saturated carbocycles. The van der Waals surface area contributed by atoms with Crippen molar-refractivity contribution < 1.29 is 38.2 Å². The maximum Gasteiger partial charge on any atom is 0.410 e. The van der Waals surface area contributed by atoms with Gasteiger partial charge >= 0.3 is 18.0 Å². The second kappa shape index (κ2) is 14.2. The topological polar surface area (TPSA) is 156 Å². The SMILES string of the molecule is COC(=O)c1[nH]c2ccccc2c1C[C@@H](NC(=O)CN(C)C(=O)OC(C)(C)C)C(=O)NCC(=O)OCC[Si](C)(C)C. The molecule has 1 aromatic carbocycles. The van der Waals surface area contributed by atoms with Gasteiger partial charge in [0, 0.05) is 32.4 Å². The lowest BCUT2D eigenvalue weighted by Crippen LogP contribution is -2.52. The fraction of sp³-hybridized carbons (Fsp3) is 0.536. The van der Waals surface area contributed by atoms with Gasteiger partial charge in [0.1, 0.15) is 30.4 Å². The molecule has 0 saturated heterocycles. The zero-order chi connectivity index (χ0) is 31.0. The lowest BCUT2D eigenvalue weighted by molar-refractivity contribution is -0.143. The van der Waals surface area contributed by atoms with Crippen LogP contribution in [0.2, 0.25) is 25.7 Å². The van der Waals surface area contributed by atoms with E-state index in [9.17, 15) is 24.0 Å². The number of nitrogens with zero attached hydrogens (tertiary/aromatic N) is 1. The minimum absolute atomic E-state index is 0.104. The number of amides is 3. The van der Waals surface area contributed by atoms with Crippen molar-refractivity contribution in [3.63, 3.8) is 0 Å². The van der Waals surface area contributed by atoms with Gasteiger partial charge in [0.05, 0.1) is 13.7 Å². The van der Waals surface area contributed by atoms with Gasteiger partial charge in [0.25, 0.3) is 0 Å². The Morgan fingerprint density at radius 1 is 1.07 bits per heavy atom. The molecule has 0 aliphatic rings. The largest absolute Gasteiger partial charge is 0.465 e. The third-order valence-corrected chi connectivity index (χ3v) is 7.58. The molecule has 2 rings (SSSR count). The lowest BCUT2D eigenvalue weighted by atomic mass is 10.0. The number of methoxy groups -OCH3 is 1. The Bertz CT molecular complexity index is 1260. The van der Waals surface area contributed by atoms with E-state index in [2.05, 4.69) is 35.3 Å². The Labute approximate surface area is 241 Å². The maximum atomic E-state index is 13.3. The van der Waals surface area contributed by atoms with Crippen molar-refractivity contribution in [1.29, 1.82) is 0 Å². The molecule has 0 aliphatic carbocycles. The minimum atomic E-state index is -1.41. The summed E-state index contributed by atoms with van der Waals surface area (Å²) in [6.45, 7) is 11.1. The van der Waals surface area contributed by atoms with Crippen LogP contribution in [0.3, 0.4) is 0 Å². The number of carbonyl (C=O) groups is 5. The lowest BCUT2D eigenvalue weighted by Gasteiger charge is -2.25. The average Bonchev–Trinajstić information content (AvgIpc) is 3.22. The number of aromatic nitrogens is 1. The first-order valence-electron chi connectivity index (χ1n) is 13.4. The van der Waals surface area contributed by atoms with Gasteiger partial charge in [-0.3, -0.25) is 14.4 Å². The van der Waals surface area contributed by atoms with Gasteiger partial charge < -0.3 is 34.7 Å². The summed E-state index contributed by atoms with van der Waals surface area (Å²) in [7, 11) is 1.23. The highest BCUT2D eigenvalue weighted by molar-refractivity contribution is 6.76. The van der Waals surface area contributed by atoms with Gasteiger partial charge in [0.15, 0.2) is 0 Å². The van der Waals surface area contributed by atoms with Gasteiger partial charge in [-0.05, 0) is 38.4 Å². The van der Waals surface area contributed by atoms with Crippen LogP contribution in [0.1, 0.15) is 36.8 Å². The van der Waals surface area contributed by atoms with Crippen LogP contribution in [0.5, 0.6) is 0 Å². The molecule has 13 heteroatoms. The molecule has 1 aromatic heterocycles. The van der Waals surface area contributed by atoms with Crippen LogP contribution < -0.4 is 10.6 Å². The predicted octanol–water partition coefficient (Wildman–Crippen LogP) is 2.85. The number of aromatic amines is 1. The van der Waals surface area contributed by atoms with Gasteiger partial charge in [-0.25, -0.2) is 9.59 Å². The van der Waals surface area contributed by atoms with E-state index in [-0.39, 0.29) is 18.7 Å². The maximum absolute atomic E-state index is 13.3. The first kappa shape index (κ1) is 33.3. The summed E-state index contributed by atoms with van der Waals surface area (Å²) in [6, 6.07) is 6.69. The smallest absolute Gasteiger partial charge is 0.410 e. The third kappa shape index (κ3) is 10.9. The van der Waals surface area contributed by atoms with Crippen LogP contribution in [0.25, 0.3) is 10.9 Å². The highest BCUT2D eigenvalue weighted by Crippen LogP contribution is 2.24. The van der Waals surface area contributed by atoms with E-state index >= 15 is 0 Å². The normalized spacial score (nSPS) is 12.3. The highest BCUT2D eigenvalue weighted by Gasteiger charge is 2.29. The standard InChI is InChI=1S/C28H42N4O8Si/c1-28(2,3)40-27(37)32(4)17-22(33)30-21(25(35)29-16-23(34)39-13-14-41(6,7)8)15-19-18-11-9-10-12-20(18)31-24(19)26(36)38-5/h9-12,21,31H,13-17H2,1-8H3,(H,29,35)(H,30,33)/t21-/m1/s1. The molecule has 0 fully saturated rings. The Hall–Kier alpha value is -3.87. The summed E-state index contributed by atoms with van der Waals surface area (Å²) in [5.74, 6) is -2.55. The molecule has 3 N–H and O–H groups in total. The Morgan fingerprint density at radius 2 is 1.73 bits per heavy atom. The molecule has 1 atom stereocenters. The van der Waals surface area contributed by atoms with Gasteiger partial charge in [-0.15, -0.1) is 0 Å². The summed E-state index contributed by atoms with van der Waals surface area (Å²) in [5.41, 5.74) is 0.473. The quantitative estimate of drug-likeness (QED) is 0.194. The number of fused-ring (bicyclic) bond motifs is 1. The zero-order valence-corrected chi connectivity index (χ0v) is 26.1. The summed E-state index contributed by atoms with van der Waals surface area (Å²) in [4.78, 5) is 67.4. The fourth-order valence-electron chi connectivity index (χ4n) is 3.77. The van der Waals surface area contributed by atoms with E-state index in [0.717, 1.165) is 10.9 Å². The molecule has 0 bridgehead atoms. The molecular formula is C28H42N4O8Si. The van der Waals surface area contributed by atoms with Crippen LogP contribution in [-0.2, 0) is 35.0 Å². The molecule has 12 nitrogen and oxygen atoms in total. The van der Waals surface area contributed by atoms with Crippen molar-refractivity contribution >= 4 is 48.8 Å². The van der Waals surface area contributed by atoms with Crippen LogP contribution in [0.4, 0.5) is 4.79 Å². The number of carbonyl (C=O) groups excluding carboxylic acids is 5. The number of ether oxygens (including phenoxy) is 3. The molecule has 226 valence electrons. The molecule has 3 amide bonds. The first-order valence-corrected chi connectivity index (χ1v) is 17.1. The molecule has 0 aliphatic heterocycles.